The summed E-state index contributed by atoms with van der Waals surface area (Å²) in [5.41, 5.74) is 3.61. The first-order valence-electron chi connectivity index (χ1n) is 6.19. The molecule has 0 atom stereocenters. The molecule has 3 rings (SSSR count). The Morgan fingerprint density at radius 2 is 2.11 bits per heavy atom. The quantitative estimate of drug-likeness (QED) is 0.826. The van der Waals surface area contributed by atoms with E-state index in [1.807, 2.05) is 28.8 Å². The number of nitrogens with zero attached hydrogens (tertiary/aromatic N) is 2. The fourth-order valence-electron chi connectivity index (χ4n) is 2.77. The number of carbonyl (C=O) groups is 1. The molecule has 1 aliphatic heterocycles. The Hall–Kier alpha value is -2.07. The van der Waals surface area contributed by atoms with Gasteiger partial charge in [-0.15, -0.1) is 0 Å². The zero-order valence-corrected chi connectivity index (χ0v) is 11.1. The van der Waals surface area contributed by atoms with E-state index in [1.54, 1.807) is 19.1 Å². The monoisotopic (exact) mass is 256 g/mol. The van der Waals surface area contributed by atoms with Crippen LogP contribution >= 0.6 is 0 Å². The number of hydrogen-bond donors (Lipinski definition) is 0. The number of benzene rings is 1. The summed E-state index contributed by atoms with van der Waals surface area (Å²) in [5.74, 6) is 0.0495. The Morgan fingerprint density at radius 1 is 1.37 bits per heavy atom. The van der Waals surface area contributed by atoms with Gasteiger partial charge in [-0.3, -0.25) is 4.79 Å². The summed E-state index contributed by atoms with van der Waals surface area (Å²) in [6.45, 7) is 5.09. The third-order valence-electron chi connectivity index (χ3n) is 3.55. The molecule has 0 fully saturated rings. The average Bonchev–Trinajstić information content (AvgIpc) is 2.72. The van der Waals surface area contributed by atoms with Gasteiger partial charge >= 0.3 is 0 Å². The number of carbonyl (C=O) groups excluding carboxylic acids is 1. The van der Waals surface area contributed by atoms with Crippen LogP contribution in [0.1, 0.15) is 16.1 Å². The second kappa shape index (κ2) is 4.24. The van der Waals surface area contributed by atoms with Crippen molar-refractivity contribution in [1.82, 2.24) is 9.47 Å². The summed E-state index contributed by atoms with van der Waals surface area (Å²) >= 11 is 0. The fraction of sp³-hybridized carbons (Fsp3) is 0.267. The minimum Gasteiger partial charge on any atom is -0.364 e. The van der Waals surface area contributed by atoms with Crippen LogP contribution in [0.5, 0.6) is 0 Å². The molecule has 0 saturated carbocycles. The van der Waals surface area contributed by atoms with Gasteiger partial charge in [0, 0.05) is 26.1 Å². The van der Waals surface area contributed by atoms with Crippen LogP contribution in [0.25, 0.3) is 16.5 Å². The van der Waals surface area contributed by atoms with Crippen LogP contribution in [0.4, 0.5) is 0 Å². The highest BCUT2D eigenvalue weighted by atomic mass is 16.5. The standard InChI is InChI=1S/C15H16N2O2/c1-10-8-16(2)15(18)13-11-6-4-5-7-12(11)17(9-19-3)14(10)13/h4-7H,1,8-9H2,2-3H3. The smallest absolute Gasteiger partial charge is 0.256 e. The van der Waals surface area contributed by atoms with E-state index < -0.39 is 0 Å². The van der Waals surface area contributed by atoms with E-state index in [-0.39, 0.29) is 5.91 Å². The number of rotatable bonds is 2. The van der Waals surface area contributed by atoms with Gasteiger partial charge in [0.15, 0.2) is 0 Å². The summed E-state index contributed by atoms with van der Waals surface area (Å²) in [6, 6.07) is 7.90. The predicted molar refractivity (Wildman–Crippen MR) is 74.9 cm³/mol. The first kappa shape index (κ1) is 12.0. The van der Waals surface area contributed by atoms with Crippen molar-refractivity contribution in [3.05, 3.63) is 42.1 Å². The molecule has 0 bridgehead atoms. The Bertz CT molecular complexity index is 685. The Balaban J connectivity index is 2.40. The molecular weight excluding hydrogens is 240 g/mol. The number of para-hydroxylation sites is 1. The predicted octanol–water partition coefficient (Wildman–Crippen LogP) is 2.34. The third-order valence-corrected chi connectivity index (χ3v) is 3.55. The molecule has 2 aromatic rings. The molecule has 0 N–H and O–H groups in total. The summed E-state index contributed by atoms with van der Waals surface area (Å²) < 4.78 is 7.29. The van der Waals surface area contributed by atoms with Crippen molar-refractivity contribution >= 4 is 22.4 Å². The summed E-state index contributed by atoms with van der Waals surface area (Å²) in [6.07, 6.45) is 0. The summed E-state index contributed by atoms with van der Waals surface area (Å²) in [7, 11) is 3.46. The molecule has 1 amide bonds. The van der Waals surface area contributed by atoms with E-state index in [4.69, 9.17) is 4.74 Å². The van der Waals surface area contributed by atoms with Crippen molar-refractivity contribution in [2.24, 2.45) is 0 Å². The largest absolute Gasteiger partial charge is 0.364 e. The zero-order chi connectivity index (χ0) is 13.6. The topological polar surface area (TPSA) is 34.5 Å². The molecular formula is C15H16N2O2. The van der Waals surface area contributed by atoms with Crippen LogP contribution in [0.2, 0.25) is 0 Å². The summed E-state index contributed by atoms with van der Waals surface area (Å²) in [5, 5.41) is 0.965. The van der Waals surface area contributed by atoms with E-state index >= 15 is 0 Å². The van der Waals surface area contributed by atoms with Crippen molar-refractivity contribution in [2.75, 3.05) is 20.7 Å². The molecule has 1 aliphatic rings. The van der Waals surface area contributed by atoms with Gasteiger partial charge in [-0.25, -0.2) is 0 Å². The van der Waals surface area contributed by atoms with E-state index in [9.17, 15) is 4.79 Å². The number of ether oxygens (including phenoxy) is 1. The van der Waals surface area contributed by atoms with Gasteiger partial charge in [-0.1, -0.05) is 24.8 Å². The maximum absolute atomic E-state index is 12.4. The number of likely N-dealkylation sites (N-methyl/N-ethyl adjacent to an activating group) is 1. The van der Waals surface area contributed by atoms with Gasteiger partial charge in [0.25, 0.3) is 5.91 Å². The first-order valence-corrected chi connectivity index (χ1v) is 6.19. The van der Waals surface area contributed by atoms with Gasteiger partial charge in [0.1, 0.15) is 6.73 Å². The molecule has 19 heavy (non-hydrogen) atoms. The zero-order valence-electron chi connectivity index (χ0n) is 11.1. The molecule has 0 unspecified atom stereocenters. The SMILES string of the molecule is C=C1CN(C)C(=O)c2c1n(COC)c1ccccc21. The highest BCUT2D eigenvalue weighted by molar-refractivity contribution is 6.13. The number of amides is 1. The van der Waals surface area contributed by atoms with E-state index in [1.165, 1.54) is 0 Å². The van der Waals surface area contributed by atoms with Gasteiger partial charge in [-0.2, -0.15) is 0 Å². The van der Waals surface area contributed by atoms with E-state index in [2.05, 4.69) is 6.58 Å². The molecule has 2 heterocycles. The lowest BCUT2D eigenvalue weighted by Crippen LogP contribution is -2.33. The minimum atomic E-state index is 0.0495. The fourth-order valence-corrected chi connectivity index (χ4v) is 2.77. The molecule has 1 aromatic carbocycles. The van der Waals surface area contributed by atoms with Crippen LogP contribution in [0.3, 0.4) is 0 Å². The maximum Gasteiger partial charge on any atom is 0.256 e. The highest BCUT2D eigenvalue weighted by Crippen LogP contribution is 2.34. The van der Waals surface area contributed by atoms with Gasteiger partial charge in [-0.05, 0) is 11.6 Å². The number of fused-ring (bicyclic) bond motifs is 3. The Labute approximate surface area is 111 Å². The number of hydrogen-bond acceptors (Lipinski definition) is 2. The van der Waals surface area contributed by atoms with Gasteiger partial charge in [0.05, 0.1) is 16.8 Å². The molecule has 0 radical (unpaired) electrons. The van der Waals surface area contributed by atoms with Crippen LogP contribution < -0.4 is 0 Å². The molecule has 98 valence electrons. The van der Waals surface area contributed by atoms with Crippen LogP contribution in [0, 0.1) is 0 Å². The molecule has 1 aromatic heterocycles. The van der Waals surface area contributed by atoms with E-state index in [0.717, 1.165) is 27.7 Å². The second-order valence-corrected chi connectivity index (χ2v) is 4.85. The van der Waals surface area contributed by atoms with E-state index in [0.29, 0.717) is 13.3 Å². The molecule has 4 nitrogen and oxygen atoms in total. The average molecular weight is 256 g/mol. The maximum atomic E-state index is 12.4. The summed E-state index contributed by atoms with van der Waals surface area (Å²) in [4.78, 5) is 14.1. The molecule has 0 aliphatic carbocycles. The Morgan fingerprint density at radius 3 is 2.84 bits per heavy atom. The molecule has 0 saturated heterocycles. The van der Waals surface area contributed by atoms with Gasteiger partial charge in [0.2, 0.25) is 0 Å². The Kier molecular flexibility index (Phi) is 2.68. The van der Waals surface area contributed by atoms with Crippen molar-refractivity contribution in [1.29, 1.82) is 0 Å². The number of methoxy groups -OCH3 is 1. The van der Waals surface area contributed by atoms with Gasteiger partial charge < -0.3 is 14.2 Å². The third kappa shape index (κ3) is 1.60. The lowest BCUT2D eigenvalue weighted by atomic mass is 10.0. The lowest BCUT2D eigenvalue weighted by molar-refractivity contribution is 0.0804. The van der Waals surface area contributed by atoms with Crippen LogP contribution in [-0.4, -0.2) is 36.1 Å². The molecule has 0 spiro atoms. The van der Waals surface area contributed by atoms with Crippen molar-refractivity contribution in [3.8, 4) is 0 Å². The van der Waals surface area contributed by atoms with Crippen molar-refractivity contribution < 1.29 is 9.53 Å². The van der Waals surface area contributed by atoms with Crippen molar-refractivity contribution in [2.45, 2.75) is 6.73 Å². The van der Waals surface area contributed by atoms with Crippen LogP contribution in [0.15, 0.2) is 30.8 Å². The minimum absolute atomic E-state index is 0.0495. The first-order chi connectivity index (χ1) is 9.15. The molecule has 4 heteroatoms. The lowest BCUT2D eigenvalue weighted by Gasteiger charge is -2.25. The normalized spacial score (nSPS) is 15.2. The highest BCUT2D eigenvalue weighted by Gasteiger charge is 2.30. The number of aromatic nitrogens is 1. The van der Waals surface area contributed by atoms with Crippen LogP contribution in [-0.2, 0) is 11.5 Å². The second-order valence-electron chi connectivity index (χ2n) is 4.85. The van der Waals surface area contributed by atoms with Crippen molar-refractivity contribution in [3.63, 3.8) is 0 Å².